The minimum atomic E-state index is -0.0580. The molecular formula is C11H17NO3S. The van der Waals surface area contributed by atoms with Crippen LogP contribution >= 0.6 is 11.3 Å². The van der Waals surface area contributed by atoms with Crippen LogP contribution in [-0.4, -0.2) is 42.2 Å². The fourth-order valence-electron chi connectivity index (χ4n) is 1.38. The largest absolute Gasteiger partial charge is 0.496 e. The molecule has 0 aliphatic rings. The summed E-state index contributed by atoms with van der Waals surface area (Å²) in [6.07, 6.45) is 0. The maximum Gasteiger partial charge on any atom is 0.264 e. The quantitative estimate of drug-likeness (QED) is 0.854. The third kappa shape index (κ3) is 2.96. The number of nitrogens with zero attached hydrogens (tertiary/aromatic N) is 1. The third-order valence-electron chi connectivity index (χ3n) is 2.25. The van der Waals surface area contributed by atoms with Crippen molar-refractivity contribution in [2.24, 2.45) is 0 Å². The minimum Gasteiger partial charge on any atom is -0.496 e. The van der Waals surface area contributed by atoms with E-state index in [2.05, 4.69) is 0 Å². The van der Waals surface area contributed by atoms with Crippen molar-refractivity contribution in [2.45, 2.75) is 19.9 Å². The molecule has 0 bridgehead atoms. The summed E-state index contributed by atoms with van der Waals surface area (Å²) in [6.45, 7) is 4.19. The number of hydrogen-bond donors (Lipinski definition) is 1. The van der Waals surface area contributed by atoms with Gasteiger partial charge in [0, 0.05) is 24.0 Å². The molecule has 0 aliphatic heterocycles. The number of methoxy groups -OCH3 is 1. The van der Waals surface area contributed by atoms with Gasteiger partial charge in [-0.05, 0) is 13.8 Å². The molecule has 0 spiro atoms. The predicted molar refractivity (Wildman–Crippen MR) is 64.1 cm³/mol. The summed E-state index contributed by atoms with van der Waals surface area (Å²) in [5.74, 6) is 0.637. The fourth-order valence-corrected chi connectivity index (χ4v) is 2.19. The molecule has 1 heterocycles. The van der Waals surface area contributed by atoms with Crippen LogP contribution in [0.15, 0.2) is 11.4 Å². The number of carbonyl (C=O) groups excluding carboxylic acids is 1. The van der Waals surface area contributed by atoms with Gasteiger partial charge in [0.1, 0.15) is 5.75 Å². The Morgan fingerprint density at radius 3 is 2.75 bits per heavy atom. The van der Waals surface area contributed by atoms with Crippen LogP contribution in [0.5, 0.6) is 5.75 Å². The summed E-state index contributed by atoms with van der Waals surface area (Å²) in [5.41, 5.74) is 0. The molecule has 90 valence electrons. The minimum absolute atomic E-state index is 0.0214. The van der Waals surface area contributed by atoms with Gasteiger partial charge in [0.15, 0.2) is 0 Å². The lowest BCUT2D eigenvalue weighted by atomic mass is 10.3. The van der Waals surface area contributed by atoms with Crippen LogP contribution in [-0.2, 0) is 0 Å². The van der Waals surface area contributed by atoms with Crippen molar-refractivity contribution >= 4 is 17.2 Å². The zero-order chi connectivity index (χ0) is 12.1. The highest BCUT2D eigenvalue weighted by molar-refractivity contribution is 7.12. The van der Waals surface area contributed by atoms with Gasteiger partial charge in [-0.3, -0.25) is 4.79 Å². The van der Waals surface area contributed by atoms with Gasteiger partial charge in [-0.2, -0.15) is 0 Å². The normalized spacial score (nSPS) is 10.6. The average molecular weight is 243 g/mol. The molecule has 0 saturated carbocycles. The summed E-state index contributed by atoms with van der Waals surface area (Å²) in [5, 5.41) is 10.7. The van der Waals surface area contributed by atoms with E-state index in [1.165, 1.54) is 11.3 Å². The van der Waals surface area contributed by atoms with Crippen LogP contribution in [0, 0.1) is 0 Å². The number of aliphatic hydroxyl groups is 1. The van der Waals surface area contributed by atoms with Gasteiger partial charge in [-0.25, -0.2) is 0 Å². The topological polar surface area (TPSA) is 49.8 Å². The van der Waals surface area contributed by atoms with Crippen molar-refractivity contribution in [3.8, 4) is 5.75 Å². The van der Waals surface area contributed by atoms with Crippen LogP contribution in [0.3, 0.4) is 0 Å². The zero-order valence-corrected chi connectivity index (χ0v) is 10.6. The number of hydrogen-bond acceptors (Lipinski definition) is 4. The molecule has 4 nitrogen and oxygen atoms in total. The number of thiophene rings is 1. The molecule has 0 aromatic carbocycles. The zero-order valence-electron chi connectivity index (χ0n) is 9.77. The monoisotopic (exact) mass is 243 g/mol. The molecule has 1 rings (SSSR count). The summed E-state index contributed by atoms with van der Waals surface area (Å²) >= 11 is 1.36. The van der Waals surface area contributed by atoms with Crippen LogP contribution in [0.4, 0.5) is 0 Å². The Balaban J connectivity index is 2.81. The lowest BCUT2D eigenvalue weighted by Gasteiger charge is -2.25. The van der Waals surface area contributed by atoms with E-state index >= 15 is 0 Å². The van der Waals surface area contributed by atoms with Crippen LogP contribution < -0.4 is 4.74 Å². The number of aliphatic hydroxyl groups excluding tert-OH is 1. The first kappa shape index (κ1) is 13.0. The summed E-state index contributed by atoms with van der Waals surface area (Å²) in [6, 6.07) is 1.80. The lowest BCUT2D eigenvalue weighted by molar-refractivity contribution is 0.0670. The SMILES string of the molecule is COc1csc(C(=O)N(CCO)C(C)C)c1. The summed E-state index contributed by atoms with van der Waals surface area (Å²) in [7, 11) is 1.57. The highest BCUT2D eigenvalue weighted by atomic mass is 32.1. The Morgan fingerprint density at radius 1 is 1.62 bits per heavy atom. The molecule has 0 fully saturated rings. The molecule has 16 heavy (non-hydrogen) atoms. The molecule has 1 N–H and O–H groups in total. The van der Waals surface area contributed by atoms with Crippen LogP contribution in [0.2, 0.25) is 0 Å². The van der Waals surface area contributed by atoms with Crippen molar-refractivity contribution in [2.75, 3.05) is 20.3 Å². The maximum absolute atomic E-state index is 12.1. The van der Waals surface area contributed by atoms with E-state index in [0.717, 1.165) is 0 Å². The maximum atomic E-state index is 12.1. The van der Waals surface area contributed by atoms with E-state index in [1.807, 2.05) is 13.8 Å². The second kappa shape index (κ2) is 5.86. The average Bonchev–Trinajstić information content (AvgIpc) is 2.73. The van der Waals surface area contributed by atoms with Crippen molar-refractivity contribution in [1.82, 2.24) is 4.90 Å². The fraction of sp³-hybridized carbons (Fsp3) is 0.545. The Kier molecular flexibility index (Phi) is 4.76. The van der Waals surface area contributed by atoms with E-state index in [9.17, 15) is 4.79 Å². The first-order valence-electron chi connectivity index (χ1n) is 5.14. The van der Waals surface area contributed by atoms with Crippen LogP contribution in [0.25, 0.3) is 0 Å². The molecule has 0 atom stereocenters. The van der Waals surface area contributed by atoms with E-state index < -0.39 is 0 Å². The molecule has 1 amide bonds. The van der Waals surface area contributed by atoms with Gasteiger partial charge < -0.3 is 14.7 Å². The predicted octanol–water partition coefficient (Wildman–Crippen LogP) is 1.60. The number of amides is 1. The second-order valence-corrected chi connectivity index (χ2v) is 4.58. The van der Waals surface area contributed by atoms with Crippen molar-refractivity contribution in [1.29, 1.82) is 0 Å². The van der Waals surface area contributed by atoms with Crippen molar-refractivity contribution in [3.63, 3.8) is 0 Å². The van der Waals surface area contributed by atoms with Gasteiger partial charge in [-0.1, -0.05) is 0 Å². The van der Waals surface area contributed by atoms with Crippen molar-refractivity contribution < 1.29 is 14.6 Å². The van der Waals surface area contributed by atoms with Gasteiger partial charge in [0.05, 0.1) is 18.6 Å². The van der Waals surface area contributed by atoms with Crippen molar-refractivity contribution in [3.05, 3.63) is 16.3 Å². The van der Waals surface area contributed by atoms with E-state index in [-0.39, 0.29) is 18.6 Å². The standard InChI is InChI=1S/C11H17NO3S/c1-8(2)12(4-5-13)11(14)10-6-9(15-3)7-16-10/h6-8,13H,4-5H2,1-3H3. The number of ether oxygens (including phenoxy) is 1. The number of carbonyl (C=O) groups is 1. The highest BCUT2D eigenvalue weighted by Crippen LogP contribution is 2.23. The molecule has 1 aromatic heterocycles. The Bertz CT molecular complexity index is 349. The molecule has 0 unspecified atom stereocenters. The molecule has 0 radical (unpaired) electrons. The van der Waals surface area contributed by atoms with Gasteiger partial charge in [0.25, 0.3) is 5.91 Å². The van der Waals surface area contributed by atoms with E-state index in [1.54, 1.807) is 23.5 Å². The van der Waals surface area contributed by atoms with Gasteiger partial charge in [-0.15, -0.1) is 11.3 Å². The molecule has 5 heteroatoms. The molecular weight excluding hydrogens is 226 g/mol. The first-order valence-corrected chi connectivity index (χ1v) is 6.02. The lowest BCUT2D eigenvalue weighted by Crippen LogP contribution is -2.38. The molecule has 0 aliphatic carbocycles. The number of rotatable bonds is 5. The molecule has 0 saturated heterocycles. The Morgan fingerprint density at radius 2 is 2.31 bits per heavy atom. The first-order chi connectivity index (χ1) is 7.60. The van der Waals surface area contributed by atoms with E-state index in [0.29, 0.717) is 17.2 Å². The van der Waals surface area contributed by atoms with E-state index in [4.69, 9.17) is 9.84 Å². The van der Waals surface area contributed by atoms with Gasteiger partial charge >= 0.3 is 0 Å². The highest BCUT2D eigenvalue weighted by Gasteiger charge is 2.19. The Labute approximate surface area is 99.5 Å². The second-order valence-electron chi connectivity index (χ2n) is 3.67. The van der Waals surface area contributed by atoms with Gasteiger partial charge in [0.2, 0.25) is 0 Å². The smallest absolute Gasteiger partial charge is 0.264 e. The Hall–Kier alpha value is -1.07. The summed E-state index contributed by atoms with van der Waals surface area (Å²) in [4.78, 5) is 14.4. The third-order valence-corrected chi connectivity index (χ3v) is 3.14. The van der Waals surface area contributed by atoms with Crippen LogP contribution in [0.1, 0.15) is 23.5 Å². The molecule has 1 aromatic rings. The summed E-state index contributed by atoms with van der Waals surface area (Å²) < 4.78 is 5.04.